The Labute approximate surface area is 122 Å². The third kappa shape index (κ3) is 3.27. The molecule has 0 spiro atoms. The van der Waals surface area contributed by atoms with Crippen molar-refractivity contribution >= 4 is 44.1 Å². The van der Waals surface area contributed by atoms with E-state index in [1.54, 1.807) is 19.3 Å². The number of pyridine rings is 1. The Bertz CT molecular complexity index is 601. The molecule has 0 aromatic carbocycles. The Balaban J connectivity index is 2.21. The van der Waals surface area contributed by atoms with Gasteiger partial charge in [-0.3, -0.25) is 10.1 Å². The lowest BCUT2D eigenvalue weighted by atomic mass is 10.2. The van der Waals surface area contributed by atoms with Crippen LogP contribution >= 0.6 is 27.3 Å². The molecule has 100 valence electrons. The van der Waals surface area contributed by atoms with Crippen molar-refractivity contribution in [3.8, 4) is 0 Å². The molecule has 0 atom stereocenters. The monoisotopic (exact) mass is 341 g/mol. The number of anilines is 2. The smallest absolute Gasteiger partial charge is 0.261 e. The van der Waals surface area contributed by atoms with Gasteiger partial charge in [0.25, 0.3) is 5.91 Å². The summed E-state index contributed by atoms with van der Waals surface area (Å²) in [4.78, 5) is 16.3. The van der Waals surface area contributed by atoms with Gasteiger partial charge in [0.15, 0.2) is 0 Å². The highest BCUT2D eigenvalue weighted by Crippen LogP contribution is 2.21. The molecule has 8 heteroatoms. The fourth-order valence-corrected chi connectivity index (χ4v) is 2.43. The summed E-state index contributed by atoms with van der Waals surface area (Å²) < 4.78 is 0.739. The largest absolute Gasteiger partial charge is 0.372 e. The predicted molar refractivity (Wildman–Crippen MR) is 78.7 cm³/mol. The molecule has 0 unspecified atom stereocenters. The molecular weight excluding hydrogens is 330 g/mol. The summed E-state index contributed by atoms with van der Waals surface area (Å²) in [5.41, 5.74) is 0.449. The lowest BCUT2D eigenvalue weighted by Gasteiger charge is -2.07. The van der Waals surface area contributed by atoms with Gasteiger partial charge in [-0.2, -0.15) is 0 Å². The van der Waals surface area contributed by atoms with Crippen molar-refractivity contribution in [2.45, 2.75) is 13.3 Å². The quantitative estimate of drug-likeness (QED) is 0.893. The standard InChI is InChI=1S/C11H12BrN5OS/c1-3-8-16-17-11(19-8)15-10(18)7-4-6(12)5-14-9(7)13-2/h4-5H,3H2,1-2H3,(H,13,14)(H,15,17,18). The average Bonchev–Trinajstić information content (AvgIpc) is 2.86. The molecule has 0 aliphatic rings. The number of amides is 1. The summed E-state index contributed by atoms with van der Waals surface area (Å²) in [5, 5.41) is 14.8. The van der Waals surface area contributed by atoms with Crippen LogP contribution < -0.4 is 10.6 Å². The van der Waals surface area contributed by atoms with E-state index in [1.165, 1.54) is 11.3 Å². The third-order valence-electron chi connectivity index (χ3n) is 2.33. The normalized spacial score (nSPS) is 10.3. The zero-order chi connectivity index (χ0) is 13.8. The number of nitrogens with one attached hydrogen (secondary N) is 2. The van der Waals surface area contributed by atoms with E-state index in [1.807, 2.05) is 6.92 Å². The van der Waals surface area contributed by atoms with Gasteiger partial charge in [-0.05, 0) is 28.4 Å². The fraction of sp³-hybridized carbons (Fsp3) is 0.273. The molecule has 0 fully saturated rings. The van der Waals surface area contributed by atoms with Gasteiger partial charge in [-0.15, -0.1) is 10.2 Å². The number of aromatic nitrogens is 3. The second-order valence-electron chi connectivity index (χ2n) is 3.61. The van der Waals surface area contributed by atoms with Crippen LogP contribution in [0.15, 0.2) is 16.7 Å². The van der Waals surface area contributed by atoms with E-state index in [0.717, 1.165) is 15.9 Å². The molecule has 0 aliphatic heterocycles. The van der Waals surface area contributed by atoms with E-state index in [4.69, 9.17) is 0 Å². The molecule has 2 aromatic heterocycles. The van der Waals surface area contributed by atoms with Crippen molar-refractivity contribution in [3.63, 3.8) is 0 Å². The number of carbonyl (C=O) groups is 1. The SMILES string of the molecule is CCc1nnc(NC(=O)c2cc(Br)cnc2NC)s1. The maximum Gasteiger partial charge on any atom is 0.261 e. The van der Waals surface area contributed by atoms with Crippen molar-refractivity contribution in [1.29, 1.82) is 0 Å². The highest BCUT2D eigenvalue weighted by atomic mass is 79.9. The molecule has 0 aliphatic carbocycles. The molecular formula is C11H12BrN5OS. The van der Waals surface area contributed by atoms with Crippen LogP contribution in [0.2, 0.25) is 0 Å². The Morgan fingerprint density at radius 1 is 1.47 bits per heavy atom. The van der Waals surface area contributed by atoms with Crippen LogP contribution in [-0.4, -0.2) is 28.1 Å². The molecule has 2 heterocycles. The lowest BCUT2D eigenvalue weighted by Crippen LogP contribution is -2.14. The number of halogens is 1. The molecule has 1 amide bonds. The van der Waals surface area contributed by atoms with Gasteiger partial charge in [-0.25, -0.2) is 4.98 Å². The first-order valence-corrected chi connectivity index (χ1v) is 7.22. The fourth-order valence-electron chi connectivity index (χ4n) is 1.42. The van der Waals surface area contributed by atoms with Crippen LogP contribution in [0.3, 0.4) is 0 Å². The van der Waals surface area contributed by atoms with Crippen LogP contribution in [0.5, 0.6) is 0 Å². The Kier molecular flexibility index (Phi) is 4.43. The van der Waals surface area contributed by atoms with Crippen LogP contribution in [0, 0.1) is 0 Å². The zero-order valence-corrected chi connectivity index (χ0v) is 12.8. The molecule has 2 aromatic rings. The summed E-state index contributed by atoms with van der Waals surface area (Å²) in [5.74, 6) is 0.248. The van der Waals surface area contributed by atoms with Crippen molar-refractivity contribution in [2.75, 3.05) is 17.7 Å². The van der Waals surface area contributed by atoms with E-state index in [0.29, 0.717) is 16.5 Å². The summed E-state index contributed by atoms with van der Waals surface area (Å²) in [6.07, 6.45) is 2.43. The van der Waals surface area contributed by atoms with Gasteiger partial charge in [0.2, 0.25) is 5.13 Å². The predicted octanol–water partition coefficient (Wildman–Crippen LogP) is 2.55. The van der Waals surface area contributed by atoms with E-state index >= 15 is 0 Å². The highest BCUT2D eigenvalue weighted by molar-refractivity contribution is 9.10. The minimum Gasteiger partial charge on any atom is -0.372 e. The van der Waals surface area contributed by atoms with Crippen molar-refractivity contribution < 1.29 is 4.79 Å². The second-order valence-corrected chi connectivity index (χ2v) is 5.59. The van der Waals surface area contributed by atoms with Gasteiger partial charge in [-0.1, -0.05) is 18.3 Å². The summed E-state index contributed by atoms with van der Waals surface area (Å²) in [7, 11) is 1.72. The van der Waals surface area contributed by atoms with E-state index in [9.17, 15) is 4.79 Å². The topological polar surface area (TPSA) is 79.8 Å². The number of rotatable bonds is 4. The van der Waals surface area contributed by atoms with Crippen LogP contribution in [0.1, 0.15) is 22.3 Å². The first-order chi connectivity index (χ1) is 9.13. The Morgan fingerprint density at radius 2 is 2.26 bits per heavy atom. The van der Waals surface area contributed by atoms with E-state index in [2.05, 4.69) is 41.7 Å². The number of aryl methyl sites for hydroxylation is 1. The van der Waals surface area contributed by atoms with Crippen LogP contribution in [0.25, 0.3) is 0 Å². The number of nitrogens with zero attached hydrogens (tertiary/aromatic N) is 3. The van der Waals surface area contributed by atoms with E-state index < -0.39 is 0 Å². The van der Waals surface area contributed by atoms with Crippen LogP contribution in [-0.2, 0) is 6.42 Å². The first-order valence-electron chi connectivity index (χ1n) is 5.61. The van der Waals surface area contributed by atoms with Gasteiger partial charge < -0.3 is 5.32 Å². The zero-order valence-electron chi connectivity index (χ0n) is 10.4. The van der Waals surface area contributed by atoms with Gasteiger partial charge in [0.1, 0.15) is 10.8 Å². The summed E-state index contributed by atoms with van der Waals surface area (Å²) >= 11 is 4.67. The lowest BCUT2D eigenvalue weighted by molar-refractivity contribution is 0.102. The molecule has 19 heavy (non-hydrogen) atoms. The molecule has 0 saturated heterocycles. The molecule has 0 bridgehead atoms. The number of hydrogen-bond donors (Lipinski definition) is 2. The Morgan fingerprint density at radius 3 is 2.89 bits per heavy atom. The minimum atomic E-state index is -0.267. The molecule has 0 saturated carbocycles. The molecule has 2 N–H and O–H groups in total. The van der Waals surface area contributed by atoms with Crippen molar-refractivity contribution in [3.05, 3.63) is 27.3 Å². The third-order valence-corrected chi connectivity index (χ3v) is 3.74. The van der Waals surface area contributed by atoms with Gasteiger partial charge >= 0.3 is 0 Å². The number of carbonyl (C=O) groups excluding carboxylic acids is 1. The molecule has 0 radical (unpaired) electrons. The Hall–Kier alpha value is -1.54. The minimum absolute atomic E-state index is 0.267. The maximum atomic E-state index is 12.2. The average molecular weight is 342 g/mol. The summed E-state index contributed by atoms with van der Waals surface area (Å²) in [6, 6.07) is 1.70. The van der Waals surface area contributed by atoms with E-state index in [-0.39, 0.29) is 5.91 Å². The maximum absolute atomic E-state index is 12.2. The second kappa shape index (κ2) is 6.07. The molecule has 6 nitrogen and oxygen atoms in total. The van der Waals surface area contributed by atoms with Crippen LogP contribution in [0.4, 0.5) is 10.9 Å². The first kappa shape index (κ1) is 13.9. The van der Waals surface area contributed by atoms with Crippen molar-refractivity contribution in [2.24, 2.45) is 0 Å². The highest BCUT2D eigenvalue weighted by Gasteiger charge is 2.14. The van der Waals surface area contributed by atoms with Gasteiger partial charge in [0, 0.05) is 17.7 Å². The summed E-state index contributed by atoms with van der Waals surface area (Å²) in [6.45, 7) is 1.99. The number of hydrogen-bond acceptors (Lipinski definition) is 6. The van der Waals surface area contributed by atoms with Gasteiger partial charge in [0.05, 0.1) is 5.56 Å². The van der Waals surface area contributed by atoms with Crippen molar-refractivity contribution in [1.82, 2.24) is 15.2 Å². The molecule has 2 rings (SSSR count).